The van der Waals surface area contributed by atoms with Crippen molar-refractivity contribution in [1.29, 1.82) is 0 Å². The van der Waals surface area contributed by atoms with Gasteiger partial charge >= 0.3 is 12.1 Å². The minimum absolute atomic E-state index is 0.0392. The number of fused-ring (bicyclic) bond motifs is 1. The van der Waals surface area contributed by atoms with E-state index in [4.69, 9.17) is 9.47 Å². The zero-order valence-corrected chi connectivity index (χ0v) is 15.0. The number of carbonyl (C=O) groups excluding carboxylic acids is 1. The van der Waals surface area contributed by atoms with Crippen LogP contribution in [-0.2, 0) is 11.3 Å². The van der Waals surface area contributed by atoms with Crippen LogP contribution in [-0.4, -0.2) is 37.7 Å². The monoisotopic (exact) mass is 369 g/mol. The summed E-state index contributed by atoms with van der Waals surface area (Å²) in [6.07, 6.45) is -3.72. The van der Waals surface area contributed by atoms with Gasteiger partial charge in [-0.05, 0) is 23.4 Å². The lowest BCUT2D eigenvalue weighted by molar-refractivity contribution is -0.186. The number of unbranched alkanes of at least 4 members (excludes halogenated alkanes) is 1. The third-order valence-electron chi connectivity index (χ3n) is 4.14. The highest BCUT2D eigenvalue weighted by Gasteiger charge is 2.42. The number of halogens is 3. The number of carbonyl (C=O) groups is 1. The Bertz CT molecular complexity index is 774. The van der Waals surface area contributed by atoms with Crippen molar-refractivity contribution in [1.82, 2.24) is 4.90 Å². The molecule has 2 aromatic rings. The maximum absolute atomic E-state index is 13.0. The Morgan fingerprint density at radius 2 is 1.77 bits per heavy atom. The van der Waals surface area contributed by atoms with Gasteiger partial charge in [0.05, 0.1) is 14.2 Å². The lowest BCUT2D eigenvalue weighted by Crippen LogP contribution is -2.41. The second-order valence-electron chi connectivity index (χ2n) is 5.89. The van der Waals surface area contributed by atoms with Crippen molar-refractivity contribution in [2.75, 3.05) is 20.8 Å². The van der Waals surface area contributed by atoms with E-state index in [1.54, 1.807) is 18.2 Å². The topological polar surface area (TPSA) is 38.8 Å². The molecular weight excluding hydrogens is 347 g/mol. The van der Waals surface area contributed by atoms with Crippen LogP contribution in [0, 0.1) is 0 Å². The Balaban J connectivity index is 2.51. The number of hydrogen-bond acceptors (Lipinski definition) is 3. The molecule has 0 aliphatic heterocycles. The average Bonchev–Trinajstić information content (AvgIpc) is 2.63. The normalized spacial score (nSPS) is 11.5. The lowest BCUT2D eigenvalue weighted by Gasteiger charge is -2.25. The summed E-state index contributed by atoms with van der Waals surface area (Å²) in [5.41, 5.74) is 0.576. The predicted octanol–water partition coefficient (Wildman–Crippen LogP) is 4.55. The maximum atomic E-state index is 13.0. The predicted molar refractivity (Wildman–Crippen MR) is 93.4 cm³/mol. The van der Waals surface area contributed by atoms with Crippen LogP contribution >= 0.6 is 0 Å². The molecule has 0 bridgehead atoms. The number of hydrogen-bond donors (Lipinski definition) is 0. The number of methoxy groups -OCH3 is 2. The van der Waals surface area contributed by atoms with Crippen molar-refractivity contribution in [2.45, 2.75) is 32.5 Å². The maximum Gasteiger partial charge on any atom is 0.471 e. The van der Waals surface area contributed by atoms with Crippen molar-refractivity contribution in [2.24, 2.45) is 0 Å². The highest BCUT2D eigenvalue weighted by Crippen LogP contribution is 2.38. The smallest absolute Gasteiger partial charge is 0.471 e. The molecule has 0 aliphatic carbocycles. The van der Waals surface area contributed by atoms with E-state index in [1.807, 2.05) is 19.1 Å². The standard InChI is InChI=1S/C19H22F3NO3/c1-4-5-10-23(18(24)19(20,21)22)12-13-11-16(25-2)17(26-3)15-9-7-6-8-14(13)15/h6-9,11H,4-5,10,12H2,1-3H3. The fourth-order valence-corrected chi connectivity index (χ4v) is 2.87. The van der Waals surface area contributed by atoms with Gasteiger partial charge in [0.15, 0.2) is 11.5 Å². The van der Waals surface area contributed by atoms with E-state index in [-0.39, 0.29) is 13.1 Å². The summed E-state index contributed by atoms with van der Waals surface area (Å²) in [6, 6.07) is 8.83. The Morgan fingerprint density at radius 3 is 2.31 bits per heavy atom. The van der Waals surface area contributed by atoms with Crippen molar-refractivity contribution in [3.05, 3.63) is 35.9 Å². The molecule has 1 amide bonds. The molecule has 142 valence electrons. The first-order chi connectivity index (χ1) is 12.3. The van der Waals surface area contributed by atoms with Gasteiger partial charge in [0.25, 0.3) is 0 Å². The third-order valence-corrected chi connectivity index (χ3v) is 4.14. The molecule has 7 heteroatoms. The number of benzene rings is 2. The van der Waals surface area contributed by atoms with Crippen molar-refractivity contribution >= 4 is 16.7 Å². The molecule has 0 atom stereocenters. The summed E-state index contributed by atoms with van der Waals surface area (Å²) >= 11 is 0. The first-order valence-corrected chi connectivity index (χ1v) is 8.32. The fourth-order valence-electron chi connectivity index (χ4n) is 2.87. The highest BCUT2D eigenvalue weighted by molar-refractivity contribution is 5.94. The molecule has 2 aromatic carbocycles. The average molecular weight is 369 g/mol. The van der Waals surface area contributed by atoms with E-state index in [9.17, 15) is 18.0 Å². The SMILES string of the molecule is CCCCN(Cc1cc(OC)c(OC)c2ccccc12)C(=O)C(F)(F)F. The summed E-state index contributed by atoms with van der Waals surface area (Å²) < 4.78 is 49.6. The number of alkyl halides is 3. The summed E-state index contributed by atoms with van der Waals surface area (Å²) in [4.78, 5) is 12.7. The highest BCUT2D eigenvalue weighted by atomic mass is 19.4. The molecule has 0 aromatic heterocycles. The van der Waals surface area contributed by atoms with Crippen LogP contribution in [0.1, 0.15) is 25.3 Å². The molecule has 0 saturated heterocycles. The van der Waals surface area contributed by atoms with Crippen LogP contribution in [0.15, 0.2) is 30.3 Å². The van der Waals surface area contributed by atoms with Gasteiger partial charge in [0.1, 0.15) is 0 Å². The zero-order chi connectivity index (χ0) is 19.3. The van der Waals surface area contributed by atoms with Gasteiger partial charge in [-0.1, -0.05) is 37.6 Å². The third kappa shape index (κ3) is 4.20. The Kier molecular flexibility index (Phi) is 6.34. The molecule has 0 radical (unpaired) electrons. The summed E-state index contributed by atoms with van der Waals surface area (Å²) in [5.74, 6) is -0.907. The molecule has 4 nitrogen and oxygen atoms in total. The summed E-state index contributed by atoms with van der Waals surface area (Å²) in [5, 5.41) is 1.45. The lowest BCUT2D eigenvalue weighted by atomic mass is 10.0. The van der Waals surface area contributed by atoms with Gasteiger partial charge < -0.3 is 14.4 Å². The van der Waals surface area contributed by atoms with Crippen molar-refractivity contribution in [3.8, 4) is 11.5 Å². The molecule has 0 fully saturated rings. The van der Waals surface area contributed by atoms with E-state index < -0.39 is 12.1 Å². The van der Waals surface area contributed by atoms with Crippen molar-refractivity contribution in [3.63, 3.8) is 0 Å². The van der Waals surface area contributed by atoms with Crippen LogP contribution in [0.4, 0.5) is 13.2 Å². The number of nitrogens with zero attached hydrogens (tertiary/aromatic N) is 1. The van der Waals surface area contributed by atoms with E-state index >= 15 is 0 Å². The van der Waals surface area contributed by atoms with Crippen LogP contribution < -0.4 is 9.47 Å². The van der Waals surface area contributed by atoms with E-state index in [2.05, 4.69) is 0 Å². The Hall–Kier alpha value is -2.44. The van der Waals surface area contributed by atoms with Gasteiger partial charge in [0.2, 0.25) is 0 Å². The Morgan fingerprint density at radius 1 is 1.12 bits per heavy atom. The van der Waals surface area contributed by atoms with Gasteiger partial charge in [-0.15, -0.1) is 0 Å². The van der Waals surface area contributed by atoms with Gasteiger partial charge in [-0.25, -0.2) is 0 Å². The van der Waals surface area contributed by atoms with Crippen LogP contribution in [0.5, 0.6) is 11.5 Å². The second kappa shape index (κ2) is 8.29. The quantitative estimate of drug-likeness (QED) is 0.719. The molecule has 0 aliphatic rings. The molecule has 26 heavy (non-hydrogen) atoms. The minimum Gasteiger partial charge on any atom is -0.493 e. The molecule has 0 saturated carbocycles. The molecule has 0 unspecified atom stereocenters. The first kappa shape index (κ1) is 19.9. The van der Waals surface area contributed by atoms with Gasteiger partial charge in [-0.3, -0.25) is 4.79 Å². The fraction of sp³-hybridized carbons (Fsp3) is 0.421. The minimum atomic E-state index is -4.90. The van der Waals surface area contributed by atoms with Crippen LogP contribution in [0.3, 0.4) is 0 Å². The first-order valence-electron chi connectivity index (χ1n) is 8.32. The van der Waals surface area contributed by atoms with Gasteiger partial charge in [-0.2, -0.15) is 13.2 Å². The number of amides is 1. The van der Waals surface area contributed by atoms with Crippen molar-refractivity contribution < 1.29 is 27.4 Å². The molecule has 0 spiro atoms. The molecule has 0 heterocycles. The van der Waals surface area contributed by atoms with Crippen LogP contribution in [0.2, 0.25) is 0 Å². The second-order valence-corrected chi connectivity index (χ2v) is 5.89. The largest absolute Gasteiger partial charge is 0.493 e. The molecule has 2 rings (SSSR count). The van der Waals surface area contributed by atoms with E-state index in [0.29, 0.717) is 29.9 Å². The molecule has 0 N–H and O–H groups in total. The zero-order valence-electron chi connectivity index (χ0n) is 15.0. The summed E-state index contributed by atoms with van der Waals surface area (Å²) in [7, 11) is 2.97. The van der Waals surface area contributed by atoms with Gasteiger partial charge in [0, 0.05) is 18.5 Å². The molecular formula is C19H22F3NO3. The summed E-state index contributed by atoms with van der Waals surface area (Å²) in [6.45, 7) is 1.75. The van der Waals surface area contributed by atoms with Crippen LogP contribution in [0.25, 0.3) is 10.8 Å². The Labute approximate surface area is 150 Å². The number of rotatable bonds is 7. The number of ether oxygens (including phenoxy) is 2. The van der Waals surface area contributed by atoms with E-state index in [1.165, 1.54) is 14.2 Å². The van der Waals surface area contributed by atoms with E-state index in [0.717, 1.165) is 15.7 Å².